The third-order valence-corrected chi connectivity index (χ3v) is 6.17. The SMILES string of the molecule is COc1ccc(NC(=O)CC2CC3CCC(C2)N3)cc1-n1nnnc1C1CC1.Cl. The fourth-order valence-electron chi connectivity index (χ4n) is 4.71. The summed E-state index contributed by atoms with van der Waals surface area (Å²) >= 11 is 0. The number of methoxy groups -OCH3 is 1. The minimum absolute atomic E-state index is 0. The summed E-state index contributed by atoms with van der Waals surface area (Å²) in [4.78, 5) is 12.6. The molecule has 1 aromatic heterocycles. The maximum absolute atomic E-state index is 12.6. The summed E-state index contributed by atoms with van der Waals surface area (Å²) in [6.07, 6.45) is 7.50. The summed E-state index contributed by atoms with van der Waals surface area (Å²) in [5.41, 5.74) is 1.50. The molecule has 1 aliphatic carbocycles. The Morgan fingerprint density at radius 1 is 1.24 bits per heavy atom. The number of hydrogen-bond acceptors (Lipinski definition) is 6. The Morgan fingerprint density at radius 3 is 2.69 bits per heavy atom. The van der Waals surface area contributed by atoms with Gasteiger partial charge in [0.05, 0.1) is 7.11 Å². The summed E-state index contributed by atoms with van der Waals surface area (Å²) in [5, 5.41) is 18.8. The number of nitrogens with zero attached hydrogens (tertiary/aromatic N) is 4. The number of piperidine rings is 1. The average molecular weight is 419 g/mol. The highest BCUT2D eigenvalue weighted by Crippen LogP contribution is 2.40. The van der Waals surface area contributed by atoms with Gasteiger partial charge in [0, 0.05) is 30.1 Å². The van der Waals surface area contributed by atoms with E-state index in [4.69, 9.17) is 4.74 Å². The molecule has 1 aromatic carbocycles. The first-order valence-electron chi connectivity index (χ1n) is 10.2. The van der Waals surface area contributed by atoms with Crippen molar-refractivity contribution < 1.29 is 9.53 Å². The normalized spacial score (nSPS) is 25.3. The van der Waals surface area contributed by atoms with E-state index in [2.05, 4.69) is 26.2 Å². The quantitative estimate of drug-likeness (QED) is 0.749. The molecule has 2 unspecified atom stereocenters. The number of tetrazole rings is 1. The number of benzene rings is 1. The van der Waals surface area contributed by atoms with Gasteiger partial charge in [-0.05, 0) is 73.1 Å². The van der Waals surface area contributed by atoms with Crippen LogP contribution < -0.4 is 15.4 Å². The zero-order chi connectivity index (χ0) is 19.1. The van der Waals surface area contributed by atoms with Gasteiger partial charge in [-0.3, -0.25) is 4.79 Å². The van der Waals surface area contributed by atoms with Crippen LogP contribution in [0, 0.1) is 5.92 Å². The summed E-state index contributed by atoms with van der Waals surface area (Å²) < 4.78 is 7.23. The third kappa shape index (κ3) is 4.23. The molecule has 0 radical (unpaired) electrons. The van der Waals surface area contributed by atoms with Gasteiger partial charge < -0.3 is 15.4 Å². The van der Waals surface area contributed by atoms with E-state index in [1.165, 1.54) is 12.8 Å². The maximum atomic E-state index is 12.6. The number of rotatable bonds is 6. The van der Waals surface area contributed by atoms with Crippen LogP contribution in [0.15, 0.2) is 18.2 Å². The Morgan fingerprint density at radius 2 is 2.00 bits per heavy atom. The lowest BCUT2D eigenvalue weighted by Crippen LogP contribution is -2.39. The molecule has 3 aliphatic rings. The van der Waals surface area contributed by atoms with E-state index in [9.17, 15) is 4.79 Å². The molecular weight excluding hydrogens is 392 g/mol. The van der Waals surface area contributed by atoms with Crippen molar-refractivity contribution in [2.45, 2.75) is 62.9 Å². The van der Waals surface area contributed by atoms with Crippen molar-refractivity contribution in [1.29, 1.82) is 0 Å². The first kappa shape index (κ1) is 20.1. The van der Waals surface area contributed by atoms with Crippen molar-refractivity contribution in [3.63, 3.8) is 0 Å². The van der Waals surface area contributed by atoms with Gasteiger partial charge in [0.25, 0.3) is 0 Å². The zero-order valence-electron chi connectivity index (χ0n) is 16.5. The maximum Gasteiger partial charge on any atom is 0.224 e. The molecular formula is C20H27ClN6O2. The van der Waals surface area contributed by atoms with Crippen molar-refractivity contribution in [3.8, 4) is 11.4 Å². The highest BCUT2D eigenvalue weighted by molar-refractivity contribution is 5.91. The number of ether oxygens (including phenoxy) is 1. The molecule has 0 spiro atoms. The molecule has 2 N–H and O–H groups in total. The smallest absolute Gasteiger partial charge is 0.224 e. The number of nitrogens with one attached hydrogen (secondary N) is 2. The molecule has 29 heavy (non-hydrogen) atoms. The van der Waals surface area contributed by atoms with Gasteiger partial charge in [-0.2, -0.15) is 4.68 Å². The molecule has 2 bridgehead atoms. The second-order valence-corrected chi connectivity index (χ2v) is 8.34. The molecule has 9 heteroatoms. The number of carbonyl (C=O) groups excluding carboxylic acids is 1. The lowest BCUT2D eigenvalue weighted by atomic mass is 9.89. The van der Waals surface area contributed by atoms with E-state index in [0.29, 0.717) is 36.1 Å². The van der Waals surface area contributed by atoms with Crippen molar-refractivity contribution in [3.05, 3.63) is 24.0 Å². The molecule has 2 saturated heterocycles. The Kier molecular flexibility index (Phi) is 5.74. The fourth-order valence-corrected chi connectivity index (χ4v) is 4.71. The molecule has 5 rings (SSSR count). The number of hydrogen-bond donors (Lipinski definition) is 2. The first-order chi connectivity index (χ1) is 13.7. The van der Waals surface area contributed by atoms with Crippen molar-refractivity contribution in [1.82, 2.24) is 25.5 Å². The number of aromatic nitrogens is 4. The largest absolute Gasteiger partial charge is 0.494 e. The van der Waals surface area contributed by atoms with Crippen LogP contribution in [0.3, 0.4) is 0 Å². The molecule has 1 saturated carbocycles. The van der Waals surface area contributed by atoms with Crippen molar-refractivity contribution >= 4 is 24.0 Å². The van der Waals surface area contributed by atoms with Crippen LogP contribution in [-0.2, 0) is 4.79 Å². The van der Waals surface area contributed by atoms with E-state index in [1.807, 2.05) is 18.2 Å². The molecule has 156 valence electrons. The standard InChI is InChI=1S/C20H26N6O2.ClH/c1-28-18-7-6-16(11-17(18)26-20(13-2-3-13)23-24-25-26)22-19(27)10-12-8-14-4-5-15(9-12)21-14;/h6-7,11-15,21H,2-5,8-10H2,1H3,(H,22,27);1H. The highest BCUT2D eigenvalue weighted by Gasteiger charge is 2.34. The predicted molar refractivity (Wildman–Crippen MR) is 111 cm³/mol. The molecule has 2 aromatic rings. The van der Waals surface area contributed by atoms with Crippen LogP contribution in [0.2, 0.25) is 0 Å². The van der Waals surface area contributed by atoms with Gasteiger partial charge in [-0.1, -0.05) is 0 Å². The zero-order valence-corrected chi connectivity index (χ0v) is 17.3. The van der Waals surface area contributed by atoms with Crippen LogP contribution in [0.25, 0.3) is 5.69 Å². The van der Waals surface area contributed by atoms with Gasteiger partial charge >= 0.3 is 0 Å². The van der Waals surface area contributed by atoms with Gasteiger partial charge in [0.15, 0.2) is 5.82 Å². The van der Waals surface area contributed by atoms with E-state index in [-0.39, 0.29) is 18.3 Å². The fraction of sp³-hybridized carbons (Fsp3) is 0.600. The monoisotopic (exact) mass is 418 g/mol. The Bertz CT molecular complexity index is 872. The second-order valence-electron chi connectivity index (χ2n) is 8.34. The van der Waals surface area contributed by atoms with Gasteiger partial charge in [0.2, 0.25) is 5.91 Å². The lowest BCUT2D eigenvalue weighted by Gasteiger charge is -2.28. The molecule has 2 aliphatic heterocycles. The van der Waals surface area contributed by atoms with Crippen molar-refractivity contribution in [2.24, 2.45) is 5.92 Å². The Hall–Kier alpha value is -2.19. The van der Waals surface area contributed by atoms with Gasteiger partial charge in [0.1, 0.15) is 11.4 Å². The number of halogens is 1. The van der Waals surface area contributed by atoms with Crippen LogP contribution in [0.1, 0.15) is 56.7 Å². The number of amides is 1. The average Bonchev–Trinajstić information content (AvgIpc) is 3.32. The highest BCUT2D eigenvalue weighted by atomic mass is 35.5. The van der Waals surface area contributed by atoms with E-state index >= 15 is 0 Å². The second kappa shape index (κ2) is 8.28. The van der Waals surface area contributed by atoms with E-state index in [0.717, 1.165) is 42.9 Å². The number of fused-ring (bicyclic) bond motifs is 2. The Labute approximate surface area is 176 Å². The van der Waals surface area contributed by atoms with E-state index in [1.54, 1.807) is 11.8 Å². The number of anilines is 1. The lowest BCUT2D eigenvalue weighted by molar-refractivity contribution is -0.117. The molecule has 1 amide bonds. The molecule has 2 atom stereocenters. The first-order valence-corrected chi connectivity index (χ1v) is 10.2. The van der Waals surface area contributed by atoms with Crippen LogP contribution in [0.4, 0.5) is 5.69 Å². The van der Waals surface area contributed by atoms with Crippen LogP contribution in [-0.4, -0.2) is 45.3 Å². The Balaban J connectivity index is 0.00000205. The topological polar surface area (TPSA) is 94.0 Å². The van der Waals surface area contributed by atoms with E-state index < -0.39 is 0 Å². The summed E-state index contributed by atoms with van der Waals surface area (Å²) in [5.74, 6) is 2.49. The van der Waals surface area contributed by atoms with Crippen LogP contribution >= 0.6 is 12.4 Å². The molecule has 8 nitrogen and oxygen atoms in total. The molecule has 3 heterocycles. The number of carbonyl (C=O) groups is 1. The minimum atomic E-state index is 0. The van der Waals surface area contributed by atoms with Gasteiger partial charge in [-0.15, -0.1) is 17.5 Å². The summed E-state index contributed by atoms with van der Waals surface area (Å²) in [6, 6.07) is 6.82. The minimum Gasteiger partial charge on any atom is -0.494 e. The predicted octanol–water partition coefficient (Wildman–Crippen LogP) is 2.83. The van der Waals surface area contributed by atoms with Crippen molar-refractivity contribution in [2.75, 3.05) is 12.4 Å². The van der Waals surface area contributed by atoms with Crippen LogP contribution in [0.5, 0.6) is 5.75 Å². The molecule has 3 fully saturated rings. The van der Waals surface area contributed by atoms with Gasteiger partial charge in [-0.25, -0.2) is 0 Å². The summed E-state index contributed by atoms with van der Waals surface area (Å²) in [6.45, 7) is 0. The summed E-state index contributed by atoms with van der Waals surface area (Å²) in [7, 11) is 1.63. The third-order valence-electron chi connectivity index (χ3n) is 6.17.